The van der Waals surface area contributed by atoms with Gasteiger partial charge in [0, 0.05) is 24.0 Å². The molecule has 3 nitrogen and oxygen atoms in total. The van der Waals surface area contributed by atoms with Gasteiger partial charge in [0.1, 0.15) is 10.9 Å². The molecule has 1 aliphatic carbocycles. The van der Waals surface area contributed by atoms with Crippen molar-refractivity contribution in [1.82, 2.24) is 0 Å². The van der Waals surface area contributed by atoms with E-state index >= 15 is 0 Å². The second kappa shape index (κ2) is 7.34. The summed E-state index contributed by atoms with van der Waals surface area (Å²) in [7, 11) is 3.69. The topological polar surface area (TPSA) is 24.8 Å². The monoisotopic (exact) mass is 328 g/mol. The molecule has 23 heavy (non-hydrogen) atoms. The lowest BCUT2D eigenvalue weighted by atomic mass is 9.99. The summed E-state index contributed by atoms with van der Waals surface area (Å²) < 4.78 is 5.21. The second-order valence-electron chi connectivity index (χ2n) is 5.35. The molecule has 1 aliphatic rings. The van der Waals surface area contributed by atoms with Crippen LogP contribution in [-0.2, 0) is 0 Å². The van der Waals surface area contributed by atoms with E-state index in [0.29, 0.717) is 0 Å². The summed E-state index contributed by atoms with van der Waals surface area (Å²) in [5, 5.41) is 0.275. The number of rotatable bonds is 4. The number of allylic oxidation sites excluding steroid dienone is 6. The van der Waals surface area contributed by atoms with E-state index in [1.54, 1.807) is 7.11 Å². The van der Waals surface area contributed by atoms with Crippen LogP contribution in [0, 0.1) is 0 Å². The van der Waals surface area contributed by atoms with Gasteiger partial charge in [0.25, 0.3) is 0 Å². The minimum Gasteiger partial charge on any atom is -0.497 e. The third kappa shape index (κ3) is 4.14. The molecule has 0 amide bonds. The highest BCUT2D eigenvalue weighted by molar-refractivity contribution is 6.30. The number of hydrogen-bond acceptors (Lipinski definition) is 3. The molecular weight excluding hydrogens is 308 g/mol. The van der Waals surface area contributed by atoms with E-state index in [4.69, 9.17) is 16.3 Å². The lowest BCUT2D eigenvalue weighted by Crippen LogP contribution is -2.19. The molecule has 0 saturated carbocycles. The third-order valence-electron chi connectivity index (χ3n) is 3.75. The number of aliphatic imine (C=N–C) groups is 1. The Morgan fingerprint density at radius 1 is 1.22 bits per heavy atom. The van der Waals surface area contributed by atoms with Crippen molar-refractivity contribution >= 4 is 23.0 Å². The zero-order valence-corrected chi connectivity index (χ0v) is 14.7. The molecule has 0 saturated heterocycles. The Balaban J connectivity index is 2.41. The molecule has 0 aliphatic heterocycles. The summed E-state index contributed by atoms with van der Waals surface area (Å²) in [6.07, 6.45) is 6.13. The van der Waals surface area contributed by atoms with Gasteiger partial charge in [-0.1, -0.05) is 30.3 Å². The van der Waals surface area contributed by atoms with Crippen LogP contribution in [0.15, 0.2) is 76.1 Å². The van der Waals surface area contributed by atoms with Gasteiger partial charge in [0.05, 0.1) is 12.8 Å². The number of halogens is 1. The smallest absolute Gasteiger partial charge is 0.122 e. The van der Waals surface area contributed by atoms with Gasteiger partial charge in [-0.15, -0.1) is 0 Å². The van der Waals surface area contributed by atoms with Gasteiger partial charge in [-0.2, -0.15) is 0 Å². The first kappa shape index (κ1) is 17.1. The van der Waals surface area contributed by atoms with Gasteiger partial charge in [-0.05, 0) is 49.8 Å². The molecule has 2 rings (SSSR count). The Morgan fingerprint density at radius 2 is 1.87 bits per heavy atom. The zero-order chi connectivity index (χ0) is 17.0. The average molecular weight is 329 g/mol. The molecule has 0 spiro atoms. The molecule has 0 unspecified atom stereocenters. The van der Waals surface area contributed by atoms with Crippen LogP contribution in [0.5, 0.6) is 5.75 Å². The van der Waals surface area contributed by atoms with Crippen LogP contribution in [0.4, 0.5) is 5.69 Å². The van der Waals surface area contributed by atoms with Crippen molar-refractivity contribution in [3.05, 3.63) is 71.1 Å². The molecule has 0 aromatic heterocycles. The van der Waals surface area contributed by atoms with Crippen molar-refractivity contribution in [2.45, 2.75) is 13.8 Å². The highest BCUT2D eigenvalue weighted by Crippen LogP contribution is 2.25. The normalized spacial score (nSPS) is 17.8. The van der Waals surface area contributed by atoms with E-state index in [0.717, 1.165) is 34.0 Å². The van der Waals surface area contributed by atoms with Crippen molar-refractivity contribution in [1.29, 1.82) is 0 Å². The number of ether oxygens (including phenoxy) is 1. The maximum Gasteiger partial charge on any atom is 0.122 e. The molecular formula is C19H21ClN2O. The zero-order valence-electron chi connectivity index (χ0n) is 13.9. The van der Waals surface area contributed by atoms with Crippen LogP contribution in [0.25, 0.3) is 0 Å². The first-order valence-electron chi connectivity index (χ1n) is 7.31. The summed E-state index contributed by atoms with van der Waals surface area (Å²) >= 11 is 5.87. The fourth-order valence-electron chi connectivity index (χ4n) is 2.35. The number of hydrogen-bond donors (Lipinski definition) is 0. The van der Waals surface area contributed by atoms with Gasteiger partial charge in [-0.25, -0.2) is 4.99 Å². The number of benzene rings is 1. The second-order valence-corrected chi connectivity index (χ2v) is 5.79. The fraction of sp³-hybridized carbons (Fsp3) is 0.211. The van der Waals surface area contributed by atoms with Crippen LogP contribution in [0.2, 0.25) is 0 Å². The lowest BCUT2D eigenvalue weighted by molar-refractivity contribution is 0.415. The van der Waals surface area contributed by atoms with Crippen molar-refractivity contribution in [2.24, 2.45) is 4.99 Å². The summed E-state index contributed by atoms with van der Waals surface area (Å²) in [6.45, 7) is 7.76. The number of methoxy groups -OCH3 is 1. The lowest BCUT2D eigenvalue weighted by Gasteiger charge is -2.24. The molecule has 1 aromatic rings. The Bertz CT molecular complexity index is 724. The van der Waals surface area contributed by atoms with Crippen LogP contribution in [-0.4, -0.2) is 19.9 Å². The van der Waals surface area contributed by atoms with Crippen molar-refractivity contribution in [3.8, 4) is 5.75 Å². The number of nitrogens with zero attached hydrogens (tertiary/aromatic N) is 2. The van der Waals surface area contributed by atoms with E-state index in [1.165, 1.54) is 0 Å². The van der Waals surface area contributed by atoms with Gasteiger partial charge in [-0.3, -0.25) is 0 Å². The summed E-state index contributed by atoms with van der Waals surface area (Å²) in [5.74, 6) is 0.837. The Morgan fingerprint density at radius 3 is 2.43 bits per heavy atom. The van der Waals surface area contributed by atoms with E-state index in [1.807, 2.05) is 44.3 Å². The summed E-state index contributed by atoms with van der Waals surface area (Å²) in [6, 6.07) is 7.93. The minimum absolute atomic E-state index is 0.275. The predicted octanol–water partition coefficient (Wildman–Crippen LogP) is 5.07. The van der Waals surface area contributed by atoms with E-state index in [-0.39, 0.29) is 5.16 Å². The summed E-state index contributed by atoms with van der Waals surface area (Å²) in [4.78, 5) is 6.46. The molecule has 0 bridgehead atoms. The van der Waals surface area contributed by atoms with Gasteiger partial charge < -0.3 is 9.64 Å². The molecule has 0 fully saturated rings. The number of anilines is 1. The highest BCUT2D eigenvalue weighted by atomic mass is 35.5. The van der Waals surface area contributed by atoms with Gasteiger partial charge >= 0.3 is 0 Å². The Hall–Kier alpha value is -2.26. The molecule has 0 radical (unpaired) electrons. The average Bonchev–Trinajstić information content (AvgIpc) is 2.53. The molecule has 0 heterocycles. The fourth-order valence-corrected chi connectivity index (χ4v) is 2.44. The highest BCUT2D eigenvalue weighted by Gasteiger charge is 2.14. The van der Waals surface area contributed by atoms with Crippen LogP contribution >= 0.6 is 11.6 Å². The SMILES string of the molecule is C=C(Cl)/N=C1/C=C(C)C=C/C1=C(/C)N(C)c1ccc(OC)cc1. The van der Waals surface area contributed by atoms with Crippen LogP contribution < -0.4 is 9.64 Å². The van der Waals surface area contributed by atoms with Crippen molar-refractivity contribution in [3.63, 3.8) is 0 Å². The van der Waals surface area contributed by atoms with E-state index in [2.05, 4.69) is 35.5 Å². The van der Waals surface area contributed by atoms with Crippen LogP contribution in [0.1, 0.15) is 13.8 Å². The first-order valence-corrected chi connectivity index (χ1v) is 7.68. The van der Waals surface area contributed by atoms with Gasteiger partial charge in [0.15, 0.2) is 0 Å². The largest absolute Gasteiger partial charge is 0.497 e. The Kier molecular flexibility index (Phi) is 5.45. The van der Waals surface area contributed by atoms with E-state index < -0.39 is 0 Å². The molecule has 0 N–H and O–H groups in total. The predicted molar refractivity (Wildman–Crippen MR) is 99.4 cm³/mol. The molecule has 120 valence electrons. The van der Waals surface area contributed by atoms with Crippen molar-refractivity contribution in [2.75, 3.05) is 19.1 Å². The standard InChI is InChI=1S/C19H21ClN2O/c1-13-6-11-18(19(12-13)21-15(3)20)14(2)22(4)16-7-9-17(23-5)10-8-16/h6-12H,3H2,1-2,4-5H3/b18-14+,21-19-. The van der Waals surface area contributed by atoms with E-state index in [9.17, 15) is 0 Å². The van der Waals surface area contributed by atoms with Crippen LogP contribution in [0.3, 0.4) is 0 Å². The molecule has 4 heteroatoms. The quantitative estimate of drug-likeness (QED) is 0.721. The Labute approximate surface area is 142 Å². The maximum atomic E-state index is 5.87. The summed E-state index contributed by atoms with van der Waals surface area (Å²) in [5.41, 5.74) is 5.12. The van der Waals surface area contributed by atoms with Gasteiger partial charge in [0.2, 0.25) is 0 Å². The minimum atomic E-state index is 0.275. The maximum absolute atomic E-state index is 5.87. The molecule has 1 aromatic carbocycles. The molecule has 0 atom stereocenters. The first-order chi connectivity index (χ1) is 10.9. The third-order valence-corrected chi connectivity index (χ3v) is 3.83. The van der Waals surface area contributed by atoms with Crippen molar-refractivity contribution < 1.29 is 4.74 Å².